The number of aryl methyl sites for hydroxylation is 1. The maximum atomic E-state index is 8.69. The first-order valence-corrected chi connectivity index (χ1v) is 6.63. The molecule has 94 valence electrons. The van der Waals surface area contributed by atoms with Crippen molar-refractivity contribution < 1.29 is 5.11 Å². The molecule has 0 unspecified atom stereocenters. The Morgan fingerprint density at radius 1 is 1.12 bits per heavy atom. The van der Waals surface area contributed by atoms with Crippen molar-refractivity contribution in [3.05, 3.63) is 47.5 Å². The molecule has 1 rings (SSSR count). The molecule has 17 heavy (non-hydrogen) atoms. The summed E-state index contributed by atoms with van der Waals surface area (Å²) in [6.07, 6.45) is 9.07. The molecule has 0 amide bonds. The second-order valence-electron chi connectivity index (χ2n) is 4.61. The van der Waals surface area contributed by atoms with Crippen molar-refractivity contribution >= 4 is 0 Å². The summed E-state index contributed by atoms with van der Waals surface area (Å²) >= 11 is 0. The topological polar surface area (TPSA) is 20.2 Å². The minimum atomic E-state index is 0.303. The van der Waals surface area contributed by atoms with E-state index in [0.717, 1.165) is 12.8 Å². The zero-order valence-electron chi connectivity index (χ0n) is 10.9. The van der Waals surface area contributed by atoms with Crippen LogP contribution >= 0.6 is 0 Å². The standard InChI is InChI=1S/C16H24O/c1-15(10-7-8-14-17)9-5-6-13-16-11-3-2-4-12-16/h2-4,10-12,17H,5-9,13-14H2,1H3. The van der Waals surface area contributed by atoms with Gasteiger partial charge in [0.25, 0.3) is 0 Å². The number of hydrogen-bond acceptors (Lipinski definition) is 1. The molecule has 1 heteroatoms. The van der Waals surface area contributed by atoms with Crippen molar-refractivity contribution in [2.75, 3.05) is 6.61 Å². The first-order chi connectivity index (χ1) is 8.33. The van der Waals surface area contributed by atoms with E-state index in [2.05, 4.69) is 43.3 Å². The van der Waals surface area contributed by atoms with E-state index >= 15 is 0 Å². The molecular formula is C16H24O. The molecule has 0 aromatic heterocycles. The van der Waals surface area contributed by atoms with Crippen LogP contribution in [0.25, 0.3) is 0 Å². The molecule has 0 saturated carbocycles. The number of benzene rings is 1. The highest BCUT2D eigenvalue weighted by atomic mass is 16.2. The van der Waals surface area contributed by atoms with E-state index in [1.54, 1.807) is 0 Å². The minimum Gasteiger partial charge on any atom is -0.396 e. The lowest BCUT2D eigenvalue weighted by Crippen LogP contribution is -1.86. The van der Waals surface area contributed by atoms with Gasteiger partial charge < -0.3 is 5.11 Å². The molecule has 0 radical (unpaired) electrons. The molecule has 0 saturated heterocycles. The molecule has 0 aliphatic carbocycles. The monoisotopic (exact) mass is 232 g/mol. The summed E-state index contributed by atoms with van der Waals surface area (Å²) in [5.41, 5.74) is 2.90. The molecule has 1 aromatic carbocycles. The highest BCUT2D eigenvalue weighted by Gasteiger charge is 1.94. The summed E-state index contributed by atoms with van der Waals surface area (Å²) in [5.74, 6) is 0. The van der Waals surface area contributed by atoms with Crippen molar-refractivity contribution in [3.63, 3.8) is 0 Å². The van der Waals surface area contributed by atoms with Crippen LogP contribution in [0.1, 0.15) is 44.6 Å². The molecule has 0 heterocycles. The van der Waals surface area contributed by atoms with Gasteiger partial charge in [-0.25, -0.2) is 0 Å². The van der Waals surface area contributed by atoms with Crippen LogP contribution in [0, 0.1) is 0 Å². The summed E-state index contributed by atoms with van der Waals surface area (Å²) < 4.78 is 0. The van der Waals surface area contributed by atoms with Crippen molar-refractivity contribution in [2.45, 2.75) is 45.4 Å². The fraction of sp³-hybridized carbons (Fsp3) is 0.500. The summed E-state index contributed by atoms with van der Waals surface area (Å²) in [5, 5.41) is 8.69. The number of aliphatic hydroxyl groups excluding tert-OH is 1. The lowest BCUT2D eigenvalue weighted by molar-refractivity contribution is 0.289. The van der Waals surface area contributed by atoms with Crippen LogP contribution < -0.4 is 0 Å². The molecule has 0 aliphatic rings. The highest BCUT2D eigenvalue weighted by Crippen LogP contribution is 2.11. The van der Waals surface area contributed by atoms with Gasteiger partial charge >= 0.3 is 0 Å². The zero-order valence-corrected chi connectivity index (χ0v) is 10.9. The normalized spacial score (nSPS) is 11.8. The Hall–Kier alpha value is -1.08. The molecule has 1 nitrogen and oxygen atoms in total. The van der Waals surface area contributed by atoms with Crippen LogP contribution in [-0.4, -0.2) is 11.7 Å². The molecule has 1 N–H and O–H groups in total. The number of rotatable bonds is 8. The second-order valence-corrected chi connectivity index (χ2v) is 4.61. The maximum absolute atomic E-state index is 8.69. The van der Waals surface area contributed by atoms with Gasteiger partial charge in [-0.1, -0.05) is 42.0 Å². The number of aliphatic hydroxyl groups is 1. The Labute approximate surface area is 105 Å². The second kappa shape index (κ2) is 9.00. The Morgan fingerprint density at radius 3 is 2.59 bits per heavy atom. The average molecular weight is 232 g/mol. The van der Waals surface area contributed by atoms with Gasteiger partial charge in [0, 0.05) is 6.61 Å². The van der Waals surface area contributed by atoms with Gasteiger partial charge in [0.2, 0.25) is 0 Å². The van der Waals surface area contributed by atoms with E-state index in [1.807, 2.05) is 0 Å². The fourth-order valence-electron chi connectivity index (χ4n) is 1.92. The number of unbranched alkanes of at least 4 members (excludes halogenated alkanes) is 2. The van der Waals surface area contributed by atoms with E-state index in [9.17, 15) is 0 Å². The molecule has 0 fully saturated rings. The number of hydrogen-bond donors (Lipinski definition) is 1. The summed E-state index contributed by atoms with van der Waals surface area (Å²) in [6, 6.07) is 10.7. The van der Waals surface area contributed by atoms with Gasteiger partial charge in [0.15, 0.2) is 0 Å². The lowest BCUT2D eigenvalue weighted by Gasteiger charge is -2.03. The van der Waals surface area contributed by atoms with Crippen molar-refractivity contribution in [3.8, 4) is 0 Å². The number of allylic oxidation sites excluding steroid dienone is 2. The van der Waals surface area contributed by atoms with Gasteiger partial charge in [-0.2, -0.15) is 0 Å². The van der Waals surface area contributed by atoms with Gasteiger partial charge in [-0.15, -0.1) is 0 Å². The highest BCUT2D eigenvalue weighted by molar-refractivity contribution is 5.14. The van der Waals surface area contributed by atoms with E-state index in [1.165, 1.54) is 36.8 Å². The molecular weight excluding hydrogens is 208 g/mol. The van der Waals surface area contributed by atoms with E-state index < -0.39 is 0 Å². The van der Waals surface area contributed by atoms with E-state index in [-0.39, 0.29) is 0 Å². The van der Waals surface area contributed by atoms with Crippen LogP contribution in [0.5, 0.6) is 0 Å². The Morgan fingerprint density at radius 2 is 1.88 bits per heavy atom. The third-order valence-electron chi connectivity index (χ3n) is 2.98. The van der Waals surface area contributed by atoms with E-state index in [4.69, 9.17) is 5.11 Å². The van der Waals surface area contributed by atoms with Crippen LogP contribution in [0.2, 0.25) is 0 Å². The molecule has 0 atom stereocenters. The fourth-order valence-corrected chi connectivity index (χ4v) is 1.92. The van der Waals surface area contributed by atoms with Crippen LogP contribution in [0.3, 0.4) is 0 Å². The third-order valence-corrected chi connectivity index (χ3v) is 2.98. The first kappa shape index (κ1) is 14.0. The average Bonchev–Trinajstić information content (AvgIpc) is 2.36. The van der Waals surface area contributed by atoms with Gasteiger partial charge in [0.05, 0.1) is 0 Å². The SMILES string of the molecule is CC(=CCCCO)CCCCc1ccccc1. The maximum Gasteiger partial charge on any atom is 0.0433 e. The van der Waals surface area contributed by atoms with Crippen molar-refractivity contribution in [2.24, 2.45) is 0 Å². The molecule has 0 aliphatic heterocycles. The summed E-state index contributed by atoms with van der Waals surface area (Å²) in [4.78, 5) is 0. The smallest absolute Gasteiger partial charge is 0.0433 e. The van der Waals surface area contributed by atoms with Crippen LogP contribution in [0.4, 0.5) is 0 Å². The predicted octanol–water partition coefficient (Wildman–Crippen LogP) is 4.12. The molecule has 0 spiro atoms. The Kier molecular flexibility index (Phi) is 7.40. The molecule has 0 bridgehead atoms. The Balaban J connectivity index is 2.09. The van der Waals surface area contributed by atoms with Crippen LogP contribution in [-0.2, 0) is 6.42 Å². The third kappa shape index (κ3) is 6.96. The van der Waals surface area contributed by atoms with Crippen molar-refractivity contribution in [1.29, 1.82) is 0 Å². The quantitative estimate of drug-likeness (QED) is 0.528. The predicted molar refractivity (Wildman–Crippen MR) is 74.1 cm³/mol. The Bertz CT molecular complexity index is 314. The minimum absolute atomic E-state index is 0.303. The van der Waals surface area contributed by atoms with E-state index in [0.29, 0.717) is 6.61 Å². The summed E-state index contributed by atoms with van der Waals surface area (Å²) in [7, 11) is 0. The van der Waals surface area contributed by atoms with Gasteiger partial charge in [-0.3, -0.25) is 0 Å². The van der Waals surface area contributed by atoms with Gasteiger partial charge in [-0.05, 0) is 51.0 Å². The summed E-state index contributed by atoms with van der Waals surface area (Å²) in [6.45, 7) is 2.50. The van der Waals surface area contributed by atoms with Gasteiger partial charge in [0.1, 0.15) is 0 Å². The molecule has 1 aromatic rings. The lowest BCUT2D eigenvalue weighted by atomic mass is 10.0. The first-order valence-electron chi connectivity index (χ1n) is 6.63. The van der Waals surface area contributed by atoms with Crippen molar-refractivity contribution in [1.82, 2.24) is 0 Å². The van der Waals surface area contributed by atoms with Crippen LogP contribution in [0.15, 0.2) is 42.0 Å². The zero-order chi connectivity index (χ0) is 12.3. The largest absolute Gasteiger partial charge is 0.396 e.